The van der Waals surface area contributed by atoms with E-state index in [1.165, 1.54) is 10.4 Å². The molecule has 0 atom stereocenters. The average molecular weight is 298 g/mol. The summed E-state index contributed by atoms with van der Waals surface area (Å²) in [7, 11) is -3.57. The molecule has 0 radical (unpaired) electrons. The highest BCUT2D eigenvalue weighted by molar-refractivity contribution is 7.93. The monoisotopic (exact) mass is 298 g/mol. The molecule has 20 heavy (non-hydrogen) atoms. The van der Waals surface area contributed by atoms with E-state index in [-0.39, 0.29) is 4.91 Å². The van der Waals surface area contributed by atoms with Gasteiger partial charge in [0.05, 0.1) is 11.5 Å². The SMILES string of the molecule is C=CCN1CCC2(CC1)OCCN2S(=O)(=O)C(=C)C=C. The van der Waals surface area contributed by atoms with Gasteiger partial charge in [-0.2, -0.15) is 4.31 Å². The molecule has 6 heteroatoms. The minimum atomic E-state index is -3.57. The third kappa shape index (κ3) is 2.61. The Morgan fingerprint density at radius 3 is 2.45 bits per heavy atom. The van der Waals surface area contributed by atoms with Crippen LogP contribution in [0.25, 0.3) is 0 Å². The maximum absolute atomic E-state index is 12.5. The van der Waals surface area contributed by atoms with E-state index in [1.54, 1.807) is 0 Å². The maximum Gasteiger partial charge on any atom is 0.244 e. The zero-order valence-corrected chi connectivity index (χ0v) is 12.6. The highest BCUT2D eigenvalue weighted by atomic mass is 32.2. The van der Waals surface area contributed by atoms with Crippen LogP contribution in [0.2, 0.25) is 0 Å². The molecule has 2 rings (SSSR count). The second-order valence-corrected chi connectivity index (χ2v) is 7.05. The van der Waals surface area contributed by atoms with Crippen LogP contribution in [0.4, 0.5) is 0 Å². The van der Waals surface area contributed by atoms with E-state index in [0.717, 1.165) is 19.6 Å². The number of hydrogen-bond acceptors (Lipinski definition) is 4. The number of likely N-dealkylation sites (tertiary alicyclic amines) is 1. The Balaban J connectivity index is 2.18. The van der Waals surface area contributed by atoms with Gasteiger partial charge >= 0.3 is 0 Å². The topological polar surface area (TPSA) is 49.9 Å². The van der Waals surface area contributed by atoms with Crippen molar-refractivity contribution in [3.63, 3.8) is 0 Å². The Kier molecular flexibility index (Phi) is 4.49. The lowest BCUT2D eigenvalue weighted by Gasteiger charge is -2.42. The quantitative estimate of drug-likeness (QED) is 0.567. The van der Waals surface area contributed by atoms with Crippen LogP contribution in [0.15, 0.2) is 36.8 Å². The Morgan fingerprint density at radius 2 is 1.90 bits per heavy atom. The summed E-state index contributed by atoms with van der Waals surface area (Å²) in [6.07, 6.45) is 4.49. The van der Waals surface area contributed by atoms with E-state index in [9.17, 15) is 8.42 Å². The summed E-state index contributed by atoms with van der Waals surface area (Å²) in [5.74, 6) is 0. The van der Waals surface area contributed by atoms with E-state index in [1.807, 2.05) is 6.08 Å². The molecular formula is C14H22N2O3S. The number of sulfonamides is 1. The lowest BCUT2D eigenvalue weighted by atomic mass is 10.0. The van der Waals surface area contributed by atoms with Crippen LogP contribution in [-0.4, -0.2) is 56.1 Å². The fourth-order valence-corrected chi connectivity index (χ4v) is 4.32. The van der Waals surface area contributed by atoms with Gasteiger partial charge in [0, 0.05) is 39.0 Å². The molecule has 0 aromatic carbocycles. The molecule has 2 saturated heterocycles. The molecule has 0 aliphatic carbocycles. The highest BCUT2D eigenvalue weighted by Gasteiger charge is 2.50. The molecule has 0 amide bonds. The summed E-state index contributed by atoms with van der Waals surface area (Å²) in [6, 6.07) is 0. The van der Waals surface area contributed by atoms with Crippen LogP contribution in [-0.2, 0) is 14.8 Å². The smallest absolute Gasteiger partial charge is 0.244 e. The first kappa shape index (κ1) is 15.4. The van der Waals surface area contributed by atoms with Crippen molar-refractivity contribution in [3.8, 4) is 0 Å². The molecule has 2 aliphatic rings. The van der Waals surface area contributed by atoms with Gasteiger partial charge < -0.3 is 4.74 Å². The third-order valence-electron chi connectivity index (χ3n) is 3.99. The van der Waals surface area contributed by atoms with Gasteiger partial charge in [-0.05, 0) is 6.08 Å². The largest absolute Gasteiger partial charge is 0.358 e. The molecule has 2 heterocycles. The summed E-state index contributed by atoms with van der Waals surface area (Å²) in [6.45, 7) is 14.1. The summed E-state index contributed by atoms with van der Waals surface area (Å²) in [5.41, 5.74) is -0.706. The van der Waals surface area contributed by atoms with Gasteiger partial charge in [-0.25, -0.2) is 8.42 Å². The Bertz CT molecular complexity index is 505. The Hall–Kier alpha value is -0.950. The Morgan fingerprint density at radius 1 is 1.25 bits per heavy atom. The zero-order valence-electron chi connectivity index (χ0n) is 11.8. The van der Waals surface area contributed by atoms with Crippen LogP contribution in [0.5, 0.6) is 0 Å². The van der Waals surface area contributed by atoms with Crippen molar-refractivity contribution in [2.45, 2.75) is 18.6 Å². The van der Waals surface area contributed by atoms with Gasteiger partial charge in [-0.3, -0.25) is 4.90 Å². The van der Waals surface area contributed by atoms with Gasteiger partial charge in [0.25, 0.3) is 0 Å². The molecule has 112 valence electrons. The molecule has 0 aromatic rings. The van der Waals surface area contributed by atoms with Crippen molar-refractivity contribution < 1.29 is 13.2 Å². The molecule has 0 unspecified atom stereocenters. The van der Waals surface area contributed by atoms with Crippen LogP contribution in [0.1, 0.15) is 12.8 Å². The van der Waals surface area contributed by atoms with Gasteiger partial charge in [0.1, 0.15) is 5.72 Å². The van der Waals surface area contributed by atoms with E-state index in [0.29, 0.717) is 26.0 Å². The minimum absolute atomic E-state index is 0.0379. The van der Waals surface area contributed by atoms with E-state index >= 15 is 0 Å². The van der Waals surface area contributed by atoms with Gasteiger partial charge in [0.2, 0.25) is 10.0 Å². The number of allylic oxidation sites excluding steroid dienone is 1. The van der Waals surface area contributed by atoms with E-state index in [4.69, 9.17) is 4.74 Å². The van der Waals surface area contributed by atoms with E-state index < -0.39 is 15.7 Å². The molecular weight excluding hydrogens is 276 g/mol. The highest BCUT2D eigenvalue weighted by Crippen LogP contribution is 2.37. The maximum atomic E-state index is 12.5. The second-order valence-electron chi connectivity index (χ2n) is 5.13. The molecule has 0 bridgehead atoms. The molecule has 2 aliphatic heterocycles. The number of rotatable bonds is 5. The summed E-state index contributed by atoms with van der Waals surface area (Å²) >= 11 is 0. The first-order chi connectivity index (χ1) is 9.46. The minimum Gasteiger partial charge on any atom is -0.358 e. The number of piperidine rings is 1. The lowest BCUT2D eigenvalue weighted by molar-refractivity contribution is -0.0888. The predicted molar refractivity (Wildman–Crippen MR) is 79.5 cm³/mol. The van der Waals surface area contributed by atoms with Gasteiger partial charge in [-0.1, -0.05) is 19.2 Å². The van der Waals surface area contributed by atoms with Crippen LogP contribution in [0, 0.1) is 0 Å². The average Bonchev–Trinajstić information content (AvgIpc) is 2.85. The summed E-state index contributed by atoms with van der Waals surface area (Å²) < 4.78 is 32.3. The number of nitrogens with zero attached hydrogens (tertiary/aromatic N) is 2. The standard InChI is InChI=1S/C14H22N2O3S/c1-4-8-15-9-6-14(7-10-15)16(11-12-19-14)20(17,18)13(3)5-2/h4-5H,1-3,6-12H2. The number of hydrogen-bond donors (Lipinski definition) is 0. The molecule has 5 nitrogen and oxygen atoms in total. The number of ether oxygens (including phenoxy) is 1. The lowest BCUT2D eigenvalue weighted by Crippen LogP contribution is -2.54. The molecule has 1 spiro atoms. The second kappa shape index (κ2) is 5.81. The van der Waals surface area contributed by atoms with Crippen molar-refractivity contribution in [3.05, 3.63) is 36.8 Å². The summed E-state index contributed by atoms with van der Waals surface area (Å²) in [4.78, 5) is 2.28. The van der Waals surface area contributed by atoms with Crippen LogP contribution >= 0.6 is 0 Å². The first-order valence-electron chi connectivity index (χ1n) is 6.78. The van der Waals surface area contributed by atoms with Crippen molar-refractivity contribution >= 4 is 10.0 Å². The molecule has 2 fully saturated rings. The zero-order chi connectivity index (χ0) is 14.8. The van der Waals surface area contributed by atoms with Gasteiger partial charge in [0.15, 0.2) is 0 Å². The van der Waals surface area contributed by atoms with Crippen molar-refractivity contribution in [2.75, 3.05) is 32.8 Å². The Labute approximate surface area is 121 Å². The first-order valence-corrected chi connectivity index (χ1v) is 8.22. The summed E-state index contributed by atoms with van der Waals surface area (Å²) in [5, 5.41) is 0. The van der Waals surface area contributed by atoms with Crippen molar-refractivity contribution in [2.24, 2.45) is 0 Å². The third-order valence-corrected chi connectivity index (χ3v) is 5.92. The molecule has 0 aromatic heterocycles. The van der Waals surface area contributed by atoms with Crippen LogP contribution in [0.3, 0.4) is 0 Å². The van der Waals surface area contributed by atoms with E-state index in [2.05, 4.69) is 24.6 Å². The normalized spacial score (nSPS) is 23.8. The van der Waals surface area contributed by atoms with Crippen molar-refractivity contribution in [1.82, 2.24) is 9.21 Å². The fourth-order valence-electron chi connectivity index (χ4n) is 2.84. The molecule has 0 saturated carbocycles. The predicted octanol–water partition coefficient (Wildman–Crippen LogP) is 1.33. The van der Waals surface area contributed by atoms with Gasteiger partial charge in [-0.15, -0.1) is 6.58 Å². The fraction of sp³-hybridized carbons (Fsp3) is 0.571. The molecule has 0 N–H and O–H groups in total. The van der Waals surface area contributed by atoms with Crippen LogP contribution < -0.4 is 0 Å². The van der Waals surface area contributed by atoms with Crippen molar-refractivity contribution in [1.29, 1.82) is 0 Å².